The van der Waals surface area contributed by atoms with E-state index < -0.39 is 22.2 Å². The van der Waals surface area contributed by atoms with Gasteiger partial charge in [-0.1, -0.05) is 12.1 Å². The summed E-state index contributed by atoms with van der Waals surface area (Å²) in [5.41, 5.74) is 3.57. The highest BCUT2D eigenvalue weighted by atomic mass is 32.2. The normalized spacial score (nSPS) is 17.2. The van der Waals surface area contributed by atoms with Crippen molar-refractivity contribution in [2.75, 3.05) is 19.3 Å². The molecule has 9 nitrogen and oxygen atoms in total. The Hall–Kier alpha value is -2.90. The van der Waals surface area contributed by atoms with E-state index in [-0.39, 0.29) is 5.92 Å². The molecule has 4 rings (SSSR count). The molecule has 3 aromatic rings. The number of H-pyrrole nitrogens is 1. The predicted molar refractivity (Wildman–Crippen MR) is 115 cm³/mol. The molecular formula is C20H24F3N5O4S. The number of carboxylic acid groups (broad SMARTS) is 1. The quantitative estimate of drug-likeness (QED) is 0.508. The van der Waals surface area contributed by atoms with Crippen LogP contribution in [0.15, 0.2) is 42.7 Å². The summed E-state index contributed by atoms with van der Waals surface area (Å²) in [5, 5.41) is 12.8. The second-order valence-corrected chi connectivity index (χ2v) is 9.65. The summed E-state index contributed by atoms with van der Waals surface area (Å²) in [5.74, 6) is -2.59. The number of hydrogen-bond acceptors (Lipinski definition) is 5. The first-order valence-corrected chi connectivity index (χ1v) is 11.8. The molecule has 0 saturated heterocycles. The summed E-state index contributed by atoms with van der Waals surface area (Å²) >= 11 is 0. The Balaban J connectivity index is 0.000000383. The van der Waals surface area contributed by atoms with Gasteiger partial charge in [0.25, 0.3) is 0 Å². The summed E-state index contributed by atoms with van der Waals surface area (Å²) in [6.07, 6.45) is -0.106. The van der Waals surface area contributed by atoms with E-state index in [0.29, 0.717) is 6.54 Å². The standard InChI is InChI=1S/C18H23N5O2S.C2HF3O2/c1-26(24,25)21-9-14-10-22(13-16-5-8-20-23(16)11-14)12-15-3-2-4-18-17(15)6-7-19-18;3-2(4,5)1(6)7/h2-8,14,19,21H,9-13H2,1H3;(H,6,7). The van der Waals surface area contributed by atoms with Gasteiger partial charge >= 0.3 is 12.1 Å². The minimum absolute atomic E-state index is 0.163. The van der Waals surface area contributed by atoms with E-state index in [4.69, 9.17) is 9.90 Å². The fourth-order valence-corrected chi connectivity index (χ4v) is 4.21. The topological polar surface area (TPSA) is 120 Å². The maximum Gasteiger partial charge on any atom is 0.490 e. The molecular weight excluding hydrogens is 463 g/mol. The Morgan fingerprint density at radius 3 is 2.67 bits per heavy atom. The molecule has 13 heteroatoms. The van der Waals surface area contributed by atoms with Gasteiger partial charge in [-0.2, -0.15) is 18.3 Å². The van der Waals surface area contributed by atoms with Crippen LogP contribution in [0, 0.1) is 5.92 Å². The number of nitrogens with zero attached hydrogens (tertiary/aromatic N) is 3. The first-order valence-electron chi connectivity index (χ1n) is 9.95. The number of hydrogen-bond donors (Lipinski definition) is 3. The van der Waals surface area contributed by atoms with E-state index >= 15 is 0 Å². The number of sulfonamides is 1. The molecule has 1 atom stereocenters. The molecule has 1 aliphatic heterocycles. The zero-order valence-corrected chi connectivity index (χ0v) is 18.5. The number of carboxylic acids is 1. The molecule has 2 aromatic heterocycles. The maximum absolute atomic E-state index is 11.5. The fraction of sp³-hybridized carbons (Fsp3) is 0.400. The van der Waals surface area contributed by atoms with Crippen molar-refractivity contribution in [3.05, 3.63) is 54.0 Å². The molecule has 0 bridgehead atoms. The highest BCUT2D eigenvalue weighted by molar-refractivity contribution is 7.88. The Bertz CT molecular complexity index is 1210. The van der Waals surface area contributed by atoms with Gasteiger partial charge in [0.2, 0.25) is 10.0 Å². The lowest BCUT2D eigenvalue weighted by Crippen LogP contribution is -2.36. The Kier molecular flexibility index (Phi) is 7.44. The van der Waals surface area contributed by atoms with Gasteiger partial charge in [-0.05, 0) is 23.8 Å². The molecule has 0 radical (unpaired) electrons. The number of halogens is 3. The monoisotopic (exact) mass is 487 g/mol. The highest BCUT2D eigenvalue weighted by Crippen LogP contribution is 2.22. The molecule has 1 aliphatic rings. The second kappa shape index (κ2) is 9.93. The molecule has 0 amide bonds. The van der Waals surface area contributed by atoms with Crippen molar-refractivity contribution >= 4 is 26.9 Å². The van der Waals surface area contributed by atoms with Crippen molar-refractivity contribution in [2.24, 2.45) is 5.92 Å². The summed E-state index contributed by atoms with van der Waals surface area (Å²) in [6, 6.07) is 10.4. The number of rotatable bonds is 5. The van der Waals surface area contributed by atoms with Crippen LogP contribution in [0.1, 0.15) is 11.3 Å². The van der Waals surface area contributed by atoms with Gasteiger partial charge in [-0.25, -0.2) is 17.9 Å². The van der Waals surface area contributed by atoms with Gasteiger partial charge in [0.05, 0.1) is 11.9 Å². The average Bonchev–Trinajstić information content (AvgIpc) is 3.32. The van der Waals surface area contributed by atoms with Crippen LogP contribution in [0.4, 0.5) is 13.2 Å². The zero-order chi connectivity index (χ0) is 24.2. The lowest BCUT2D eigenvalue weighted by Gasteiger charge is -2.24. The molecule has 0 aliphatic carbocycles. The third-order valence-corrected chi connectivity index (χ3v) is 5.78. The van der Waals surface area contributed by atoms with Gasteiger partial charge in [0.15, 0.2) is 0 Å². The molecule has 1 unspecified atom stereocenters. The van der Waals surface area contributed by atoms with Gasteiger partial charge in [0, 0.05) is 61.9 Å². The molecule has 3 N–H and O–H groups in total. The smallest absolute Gasteiger partial charge is 0.475 e. The molecule has 0 saturated carbocycles. The van der Waals surface area contributed by atoms with E-state index in [9.17, 15) is 21.6 Å². The molecule has 33 heavy (non-hydrogen) atoms. The van der Waals surface area contributed by atoms with Crippen molar-refractivity contribution in [1.82, 2.24) is 24.4 Å². The van der Waals surface area contributed by atoms with Crippen molar-refractivity contribution < 1.29 is 31.5 Å². The number of nitrogens with one attached hydrogen (secondary N) is 2. The number of aromatic nitrogens is 3. The third-order valence-electron chi connectivity index (χ3n) is 5.09. The highest BCUT2D eigenvalue weighted by Gasteiger charge is 2.38. The van der Waals surface area contributed by atoms with Gasteiger partial charge in [0.1, 0.15) is 0 Å². The van der Waals surface area contributed by atoms with Crippen LogP contribution in [0.2, 0.25) is 0 Å². The fourth-order valence-electron chi connectivity index (χ4n) is 3.67. The molecule has 180 valence electrons. The zero-order valence-electron chi connectivity index (χ0n) is 17.7. The number of aliphatic carboxylic acids is 1. The van der Waals surface area contributed by atoms with E-state index in [1.165, 1.54) is 17.2 Å². The second-order valence-electron chi connectivity index (χ2n) is 7.82. The van der Waals surface area contributed by atoms with Gasteiger partial charge < -0.3 is 10.1 Å². The van der Waals surface area contributed by atoms with E-state index in [1.807, 2.05) is 23.1 Å². The van der Waals surface area contributed by atoms with Gasteiger partial charge in [-0.3, -0.25) is 9.58 Å². The van der Waals surface area contributed by atoms with Crippen LogP contribution in [-0.2, 0) is 34.5 Å². The third kappa shape index (κ3) is 7.04. The Morgan fingerprint density at radius 1 is 1.27 bits per heavy atom. The van der Waals surface area contributed by atoms with Crippen molar-refractivity contribution in [1.29, 1.82) is 0 Å². The molecule has 0 fully saturated rings. The lowest BCUT2D eigenvalue weighted by atomic mass is 10.1. The van der Waals surface area contributed by atoms with E-state index in [2.05, 4.69) is 44.0 Å². The van der Waals surface area contributed by atoms with Crippen LogP contribution < -0.4 is 4.72 Å². The summed E-state index contributed by atoms with van der Waals surface area (Å²) in [6.45, 7) is 3.57. The number of aromatic amines is 1. The van der Waals surface area contributed by atoms with Gasteiger partial charge in [-0.15, -0.1) is 0 Å². The summed E-state index contributed by atoms with van der Waals surface area (Å²) in [7, 11) is -3.20. The first-order chi connectivity index (χ1) is 15.4. The van der Waals surface area contributed by atoms with Crippen LogP contribution >= 0.6 is 0 Å². The molecule has 1 aromatic carbocycles. The van der Waals surface area contributed by atoms with Crippen LogP contribution in [0.5, 0.6) is 0 Å². The Morgan fingerprint density at radius 2 is 2.00 bits per heavy atom. The first kappa shape index (κ1) is 24.7. The van der Waals surface area contributed by atoms with Crippen molar-refractivity contribution in [3.63, 3.8) is 0 Å². The van der Waals surface area contributed by atoms with Crippen molar-refractivity contribution in [3.8, 4) is 0 Å². The number of fused-ring (bicyclic) bond motifs is 2. The summed E-state index contributed by atoms with van der Waals surface area (Å²) in [4.78, 5) is 14.5. The predicted octanol–water partition coefficient (Wildman–Crippen LogP) is 2.18. The minimum atomic E-state index is -5.08. The van der Waals surface area contributed by atoms with Crippen LogP contribution in [-0.4, -0.2) is 64.7 Å². The summed E-state index contributed by atoms with van der Waals surface area (Å²) < 4.78 is 59.4. The molecule has 0 spiro atoms. The SMILES string of the molecule is CS(=O)(=O)NCC1CN(Cc2cccc3[nH]ccc23)Cc2ccnn2C1.O=C(O)C(F)(F)F. The van der Waals surface area contributed by atoms with E-state index in [1.54, 1.807) is 0 Å². The average molecular weight is 488 g/mol. The maximum atomic E-state index is 11.5. The minimum Gasteiger partial charge on any atom is -0.475 e. The lowest BCUT2D eigenvalue weighted by molar-refractivity contribution is -0.192. The number of benzene rings is 1. The van der Waals surface area contributed by atoms with Crippen LogP contribution in [0.3, 0.4) is 0 Å². The van der Waals surface area contributed by atoms with Crippen LogP contribution in [0.25, 0.3) is 10.9 Å². The van der Waals surface area contributed by atoms with E-state index in [0.717, 1.165) is 37.4 Å². The van der Waals surface area contributed by atoms with Crippen molar-refractivity contribution in [2.45, 2.75) is 25.8 Å². The number of carbonyl (C=O) groups is 1. The number of alkyl halides is 3. The largest absolute Gasteiger partial charge is 0.490 e. The molecule has 3 heterocycles. The Labute approximate surface area is 188 Å².